The molecule has 1 aromatic heterocycles. The molecule has 1 aliphatic rings. The number of aryl methyl sites for hydroxylation is 1. The second-order valence-electron chi connectivity index (χ2n) is 4.66. The van der Waals surface area contributed by atoms with E-state index in [2.05, 4.69) is 4.98 Å². The number of hydrogen-bond acceptors (Lipinski definition) is 4. The van der Waals surface area contributed by atoms with E-state index in [0.717, 1.165) is 22.0 Å². The number of nitrogens with two attached hydrogens (primary N) is 1. The van der Waals surface area contributed by atoms with E-state index in [4.69, 9.17) is 10.5 Å². The Morgan fingerprint density at radius 3 is 2.61 bits per heavy atom. The molecule has 0 bridgehead atoms. The first kappa shape index (κ1) is 11.7. The molecule has 0 spiro atoms. The first-order valence-corrected chi connectivity index (χ1v) is 7.04. The van der Waals surface area contributed by atoms with Gasteiger partial charge in [0.15, 0.2) is 0 Å². The minimum atomic E-state index is -0.148. The van der Waals surface area contributed by atoms with Crippen LogP contribution in [0.1, 0.15) is 35.1 Å². The molecule has 3 nitrogen and oxygen atoms in total. The molecule has 3 rings (SSSR count). The molecule has 1 heterocycles. The van der Waals surface area contributed by atoms with Crippen molar-refractivity contribution in [1.29, 1.82) is 0 Å². The van der Waals surface area contributed by atoms with Crippen molar-refractivity contribution in [3.05, 3.63) is 45.9 Å². The fourth-order valence-electron chi connectivity index (χ4n) is 1.83. The molecule has 0 aliphatic heterocycles. The number of aromatic nitrogens is 1. The second kappa shape index (κ2) is 4.71. The minimum absolute atomic E-state index is 0.148. The van der Waals surface area contributed by atoms with E-state index < -0.39 is 0 Å². The van der Waals surface area contributed by atoms with Crippen LogP contribution in [-0.2, 0) is 0 Å². The van der Waals surface area contributed by atoms with Gasteiger partial charge in [-0.1, -0.05) is 12.1 Å². The topological polar surface area (TPSA) is 48.1 Å². The Morgan fingerprint density at radius 2 is 2.06 bits per heavy atom. The lowest BCUT2D eigenvalue weighted by atomic mass is 10.1. The summed E-state index contributed by atoms with van der Waals surface area (Å²) in [5.74, 6) is 0.933. The molecule has 1 atom stereocenters. The van der Waals surface area contributed by atoms with E-state index in [0.29, 0.717) is 6.10 Å². The van der Waals surface area contributed by atoms with Gasteiger partial charge in [0.2, 0.25) is 0 Å². The maximum Gasteiger partial charge on any atom is 0.119 e. The van der Waals surface area contributed by atoms with Gasteiger partial charge < -0.3 is 10.5 Å². The highest BCUT2D eigenvalue weighted by Gasteiger charge is 2.23. The van der Waals surface area contributed by atoms with Crippen LogP contribution in [0.3, 0.4) is 0 Å². The van der Waals surface area contributed by atoms with Crippen LogP contribution in [0, 0.1) is 6.92 Å². The molecule has 18 heavy (non-hydrogen) atoms. The maximum absolute atomic E-state index is 6.20. The van der Waals surface area contributed by atoms with Crippen LogP contribution in [0.25, 0.3) is 0 Å². The first-order valence-electron chi connectivity index (χ1n) is 6.16. The lowest BCUT2D eigenvalue weighted by Gasteiger charge is -2.10. The van der Waals surface area contributed by atoms with Crippen LogP contribution in [0.2, 0.25) is 0 Å². The molecule has 2 N–H and O–H groups in total. The number of rotatable bonds is 4. The molecule has 1 unspecified atom stereocenters. The van der Waals surface area contributed by atoms with E-state index in [-0.39, 0.29) is 6.04 Å². The molecule has 0 radical (unpaired) electrons. The lowest BCUT2D eigenvalue weighted by Crippen LogP contribution is -2.12. The Kier molecular flexibility index (Phi) is 3.06. The summed E-state index contributed by atoms with van der Waals surface area (Å²) in [4.78, 5) is 4.43. The molecule has 1 fully saturated rings. The third kappa shape index (κ3) is 2.54. The zero-order valence-corrected chi connectivity index (χ0v) is 11.1. The van der Waals surface area contributed by atoms with E-state index in [1.165, 1.54) is 12.8 Å². The predicted molar refractivity (Wildman–Crippen MR) is 73.0 cm³/mol. The molecular formula is C14H16N2OS. The van der Waals surface area contributed by atoms with Crippen LogP contribution < -0.4 is 10.5 Å². The summed E-state index contributed by atoms with van der Waals surface area (Å²) in [6.45, 7) is 1.99. The van der Waals surface area contributed by atoms with Gasteiger partial charge in [0, 0.05) is 5.38 Å². The van der Waals surface area contributed by atoms with Crippen molar-refractivity contribution in [2.45, 2.75) is 31.9 Å². The summed E-state index contributed by atoms with van der Waals surface area (Å²) in [6.07, 6.45) is 2.80. The third-order valence-electron chi connectivity index (χ3n) is 3.02. The van der Waals surface area contributed by atoms with E-state index in [1.807, 2.05) is 36.6 Å². The molecule has 0 amide bonds. The fourth-order valence-corrected chi connectivity index (χ4v) is 2.47. The molecule has 94 valence electrons. The maximum atomic E-state index is 6.20. The van der Waals surface area contributed by atoms with Crippen molar-refractivity contribution in [1.82, 2.24) is 4.98 Å². The average Bonchev–Trinajstić information content (AvgIpc) is 3.09. The summed E-state index contributed by atoms with van der Waals surface area (Å²) in [6, 6.07) is 7.89. The predicted octanol–water partition coefficient (Wildman–Crippen LogP) is 3.04. The van der Waals surface area contributed by atoms with Crippen LogP contribution in [-0.4, -0.2) is 11.1 Å². The summed E-state index contributed by atoms with van der Waals surface area (Å²) in [5, 5.41) is 3.07. The van der Waals surface area contributed by atoms with E-state index >= 15 is 0 Å². The smallest absolute Gasteiger partial charge is 0.119 e. The van der Waals surface area contributed by atoms with Gasteiger partial charge in [-0.15, -0.1) is 11.3 Å². The summed E-state index contributed by atoms with van der Waals surface area (Å²) < 4.78 is 5.72. The van der Waals surface area contributed by atoms with Crippen LogP contribution in [0.4, 0.5) is 0 Å². The standard InChI is InChI=1S/C14H16N2OS/c1-9-16-13(8-18-9)14(15)10-2-4-11(5-3-10)17-12-6-7-12/h2-5,8,12,14H,6-7,15H2,1H3. The Bertz CT molecular complexity index is 531. The quantitative estimate of drug-likeness (QED) is 0.919. The zero-order valence-electron chi connectivity index (χ0n) is 10.3. The van der Waals surface area contributed by atoms with Crippen LogP contribution in [0.5, 0.6) is 5.75 Å². The minimum Gasteiger partial charge on any atom is -0.490 e. The number of benzene rings is 1. The first-order chi connectivity index (χ1) is 8.72. The van der Waals surface area contributed by atoms with Gasteiger partial charge in [0.05, 0.1) is 22.8 Å². The van der Waals surface area contributed by atoms with Crippen molar-refractivity contribution < 1.29 is 4.74 Å². The van der Waals surface area contributed by atoms with Gasteiger partial charge in [0.25, 0.3) is 0 Å². The molecule has 0 saturated heterocycles. The molecule has 1 aliphatic carbocycles. The summed E-state index contributed by atoms with van der Waals surface area (Å²) in [7, 11) is 0. The van der Waals surface area contributed by atoms with Crippen LogP contribution >= 0.6 is 11.3 Å². The Morgan fingerprint density at radius 1 is 1.33 bits per heavy atom. The zero-order chi connectivity index (χ0) is 12.5. The summed E-state index contributed by atoms with van der Waals surface area (Å²) in [5.41, 5.74) is 8.21. The third-order valence-corrected chi connectivity index (χ3v) is 3.81. The Labute approximate surface area is 111 Å². The normalized spacial score (nSPS) is 16.6. The van der Waals surface area contributed by atoms with Crippen LogP contribution in [0.15, 0.2) is 29.6 Å². The number of ether oxygens (including phenoxy) is 1. The van der Waals surface area contributed by atoms with Crippen molar-refractivity contribution in [3.63, 3.8) is 0 Å². The van der Waals surface area contributed by atoms with Crippen molar-refractivity contribution in [3.8, 4) is 5.75 Å². The fraction of sp³-hybridized carbons (Fsp3) is 0.357. The van der Waals surface area contributed by atoms with Gasteiger partial charge in [-0.05, 0) is 37.5 Å². The number of hydrogen-bond donors (Lipinski definition) is 1. The van der Waals surface area contributed by atoms with Crippen molar-refractivity contribution >= 4 is 11.3 Å². The molecule has 4 heteroatoms. The van der Waals surface area contributed by atoms with Crippen molar-refractivity contribution in [2.24, 2.45) is 5.73 Å². The molecule has 1 aromatic carbocycles. The molecular weight excluding hydrogens is 244 g/mol. The van der Waals surface area contributed by atoms with Gasteiger partial charge in [-0.2, -0.15) is 0 Å². The highest BCUT2D eigenvalue weighted by molar-refractivity contribution is 7.09. The van der Waals surface area contributed by atoms with Gasteiger partial charge in [0.1, 0.15) is 5.75 Å². The highest BCUT2D eigenvalue weighted by atomic mass is 32.1. The van der Waals surface area contributed by atoms with E-state index in [1.54, 1.807) is 11.3 Å². The van der Waals surface area contributed by atoms with Gasteiger partial charge in [-0.25, -0.2) is 4.98 Å². The summed E-state index contributed by atoms with van der Waals surface area (Å²) >= 11 is 1.63. The Balaban J connectivity index is 1.74. The highest BCUT2D eigenvalue weighted by Crippen LogP contribution is 2.28. The van der Waals surface area contributed by atoms with Gasteiger partial charge >= 0.3 is 0 Å². The van der Waals surface area contributed by atoms with E-state index in [9.17, 15) is 0 Å². The van der Waals surface area contributed by atoms with Crippen molar-refractivity contribution in [2.75, 3.05) is 0 Å². The lowest BCUT2D eigenvalue weighted by molar-refractivity contribution is 0.303. The largest absolute Gasteiger partial charge is 0.490 e. The Hall–Kier alpha value is -1.39. The number of thiazole rings is 1. The average molecular weight is 260 g/mol. The molecule has 2 aromatic rings. The molecule has 1 saturated carbocycles. The number of nitrogens with zero attached hydrogens (tertiary/aromatic N) is 1. The van der Waals surface area contributed by atoms with Gasteiger partial charge in [-0.3, -0.25) is 0 Å². The second-order valence-corrected chi connectivity index (χ2v) is 5.72. The monoisotopic (exact) mass is 260 g/mol. The SMILES string of the molecule is Cc1nc(C(N)c2ccc(OC3CC3)cc2)cs1.